The zero-order valence-corrected chi connectivity index (χ0v) is 29.9. The van der Waals surface area contributed by atoms with Crippen LogP contribution in [0.1, 0.15) is 25.0 Å². The van der Waals surface area contributed by atoms with Crippen LogP contribution in [0.25, 0.3) is 0 Å². The molecule has 18 nitrogen and oxygen atoms in total. The van der Waals surface area contributed by atoms with Gasteiger partial charge in [0.2, 0.25) is 5.91 Å². The van der Waals surface area contributed by atoms with E-state index >= 15 is 0 Å². The highest BCUT2D eigenvalue weighted by Gasteiger charge is 2.54. The molecule has 1 amide bonds. The molecule has 0 saturated carbocycles. The second-order valence-corrected chi connectivity index (χ2v) is 13.5. The van der Waals surface area contributed by atoms with Crippen molar-refractivity contribution in [3.05, 3.63) is 71.8 Å². The molecule has 3 saturated heterocycles. The largest absolute Gasteiger partial charge is 0.463 e. The Kier molecular flexibility index (Phi) is 15.2. The number of hydrogen-bond acceptors (Lipinski definition) is 17. The monoisotopic (exact) mass is 765 g/mol. The summed E-state index contributed by atoms with van der Waals surface area (Å²) in [6.07, 6.45) is -16.9. The molecule has 0 radical (unpaired) electrons. The molecule has 3 aliphatic heterocycles. The Morgan fingerprint density at radius 3 is 1.76 bits per heavy atom. The number of ether oxygens (including phenoxy) is 8. The van der Waals surface area contributed by atoms with E-state index in [0.29, 0.717) is 0 Å². The van der Waals surface area contributed by atoms with Gasteiger partial charge >= 0.3 is 5.97 Å². The van der Waals surface area contributed by atoms with Gasteiger partial charge in [0.15, 0.2) is 18.9 Å². The van der Waals surface area contributed by atoms with Crippen LogP contribution < -0.4 is 16.8 Å². The highest BCUT2D eigenvalue weighted by atomic mass is 16.8. The van der Waals surface area contributed by atoms with Crippen LogP contribution >= 0.6 is 0 Å². The van der Waals surface area contributed by atoms with Crippen LogP contribution in [0.2, 0.25) is 0 Å². The van der Waals surface area contributed by atoms with Gasteiger partial charge in [0.05, 0.1) is 38.5 Å². The molecule has 2 aromatic carbocycles. The van der Waals surface area contributed by atoms with Crippen molar-refractivity contribution in [2.45, 2.75) is 119 Å². The zero-order valence-electron chi connectivity index (χ0n) is 29.9. The summed E-state index contributed by atoms with van der Waals surface area (Å²) in [6, 6.07) is 14.5. The second-order valence-electron chi connectivity index (χ2n) is 13.5. The fourth-order valence-corrected chi connectivity index (χ4v) is 6.46. The first kappa shape index (κ1) is 42.0. The lowest BCUT2D eigenvalue weighted by Crippen LogP contribution is -2.71. The number of aliphatic hydroxyl groups is 5. The molecule has 18 heteroatoms. The van der Waals surface area contributed by atoms with Gasteiger partial charge in [-0.3, -0.25) is 9.59 Å². The minimum Gasteiger partial charge on any atom is -0.463 e. The highest BCUT2D eigenvalue weighted by molar-refractivity contribution is 5.73. The van der Waals surface area contributed by atoms with E-state index < -0.39 is 117 Å². The molecule has 2 aromatic rings. The lowest BCUT2D eigenvalue weighted by atomic mass is 9.93. The fraction of sp³-hybridized carbons (Fsp3) is 0.611. The third kappa shape index (κ3) is 10.6. The fourth-order valence-electron chi connectivity index (χ4n) is 6.46. The maximum Gasteiger partial charge on any atom is 0.302 e. The van der Waals surface area contributed by atoms with Crippen LogP contribution in [0, 0.1) is 0 Å². The lowest BCUT2D eigenvalue weighted by Gasteiger charge is -2.50. The Morgan fingerprint density at radius 2 is 1.20 bits per heavy atom. The standard InChI is InChI=1S/C36H51N3O15/c1-18(41)39-27-33(54-35-26(38)31(46)29(44)23(51-35)17-48-19(2)42)32(53-34-25(37)30(45)28(43)22(13-40)50-34)24(16-47-14-20-9-5-3-6-10-20)52-36(27)49-15-21-11-7-4-8-12-21/h3-12,22-36,40,43-46H,13-17,37-38H2,1-2H3,(H,39,41)/t22-,23-,24-,25-,26-,27-,28+,29+,30-,31-,32+,33-,34+,35+,36+/m1/s1. The molecule has 15 atom stereocenters. The van der Waals surface area contributed by atoms with Crippen molar-refractivity contribution in [1.82, 2.24) is 5.32 Å². The van der Waals surface area contributed by atoms with Gasteiger partial charge in [-0.15, -0.1) is 0 Å². The summed E-state index contributed by atoms with van der Waals surface area (Å²) < 4.78 is 48.6. The number of aliphatic hydroxyl groups excluding tert-OH is 5. The van der Waals surface area contributed by atoms with Gasteiger partial charge in [0.1, 0.15) is 67.6 Å². The summed E-state index contributed by atoms with van der Waals surface area (Å²) in [4.78, 5) is 24.4. The molecule has 10 N–H and O–H groups in total. The minimum atomic E-state index is -1.62. The number of nitrogens with two attached hydrogens (primary N) is 2. The third-order valence-corrected chi connectivity index (χ3v) is 9.38. The summed E-state index contributed by atoms with van der Waals surface area (Å²) in [7, 11) is 0. The summed E-state index contributed by atoms with van der Waals surface area (Å²) in [5, 5.41) is 55.6. The van der Waals surface area contributed by atoms with Crippen LogP contribution in [0.5, 0.6) is 0 Å². The predicted octanol–water partition coefficient (Wildman–Crippen LogP) is -2.48. The molecule has 3 heterocycles. The van der Waals surface area contributed by atoms with Crippen molar-refractivity contribution in [2.75, 3.05) is 19.8 Å². The van der Waals surface area contributed by atoms with Gasteiger partial charge in [-0.1, -0.05) is 60.7 Å². The Labute approximate surface area is 312 Å². The molecular formula is C36H51N3O15. The van der Waals surface area contributed by atoms with E-state index in [1.54, 1.807) is 0 Å². The quantitative estimate of drug-likeness (QED) is 0.0872. The Morgan fingerprint density at radius 1 is 0.685 bits per heavy atom. The highest BCUT2D eigenvalue weighted by Crippen LogP contribution is 2.34. The molecule has 0 spiro atoms. The van der Waals surface area contributed by atoms with E-state index in [2.05, 4.69) is 5.32 Å². The van der Waals surface area contributed by atoms with Crippen LogP contribution in [-0.2, 0) is 60.7 Å². The summed E-state index contributed by atoms with van der Waals surface area (Å²) in [5.74, 6) is -1.19. The van der Waals surface area contributed by atoms with Crippen LogP contribution in [0.3, 0.4) is 0 Å². The number of nitrogens with one attached hydrogen (secondary N) is 1. The number of carbonyl (C=O) groups excluding carboxylic acids is 2. The van der Waals surface area contributed by atoms with Gasteiger partial charge in [-0.2, -0.15) is 0 Å². The molecule has 300 valence electrons. The summed E-state index contributed by atoms with van der Waals surface area (Å²) in [5.41, 5.74) is 14.3. The van der Waals surface area contributed by atoms with E-state index in [9.17, 15) is 35.1 Å². The average molecular weight is 766 g/mol. The summed E-state index contributed by atoms with van der Waals surface area (Å²) in [6.45, 7) is 1.31. The van der Waals surface area contributed by atoms with Crippen molar-refractivity contribution >= 4 is 11.9 Å². The van der Waals surface area contributed by atoms with Gasteiger partial charge in [0, 0.05) is 13.8 Å². The molecule has 3 aliphatic rings. The lowest BCUT2D eigenvalue weighted by molar-refractivity contribution is -0.359. The van der Waals surface area contributed by atoms with Crippen LogP contribution in [0.4, 0.5) is 0 Å². The van der Waals surface area contributed by atoms with Crippen molar-refractivity contribution in [1.29, 1.82) is 0 Å². The van der Waals surface area contributed by atoms with E-state index in [1.165, 1.54) is 6.92 Å². The average Bonchev–Trinajstić information content (AvgIpc) is 3.16. The normalized spacial score (nSPS) is 37.0. The van der Waals surface area contributed by atoms with Gasteiger partial charge < -0.3 is 80.2 Å². The molecule has 3 fully saturated rings. The molecule has 0 aliphatic carbocycles. The topological polar surface area (TPSA) is 273 Å². The van der Waals surface area contributed by atoms with Gasteiger partial charge in [-0.25, -0.2) is 0 Å². The predicted molar refractivity (Wildman–Crippen MR) is 184 cm³/mol. The van der Waals surface area contributed by atoms with Crippen LogP contribution in [0.15, 0.2) is 60.7 Å². The Balaban J connectivity index is 1.52. The first-order valence-corrected chi connectivity index (χ1v) is 17.7. The Hall–Kier alpha value is -3.18. The molecule has 0 bridgehead atoms. The van der Waals surface area contributed by atoms with E-state index in [4.69, 9.17) is 49.4 Å². The minimum absolute atomic E-state index is 0.0328. The molecule has 54 heavy (non-hydrogen) atoms. The number of amides is 1. The van der Waals surface area contributed by atoms with E-state index in [0.717, 1.165) is 18.1 Å². The number of carbonyl (C=O) groups is 2. The first-order valence-electron chi connectivity index (χ1n) is 17.7. The molecule has 5 rings (SSSR count). The van der Waals surface area contributed by atoms with Crippen molar-refractivity contribution < 1.29 is 73.0 Å². The van der Waals surface area contributed by atoms with E-state index in [1.807, 2.05) is 60.7 Å². The first-order chi connectivity index (χ1) is 25.9. The number of benzene rings is 2. The van der Waals surface area contributed by atoms with Gasteiger partial charge in [-0.05, 0) is 11.1 Å². The third-order valence-electron chi connectivity index (χ3n) is 9.38. The maximum absolute atomic E-state index is 12.8. The number of esters is 1. The number of rotatable bonds is 15. The zero-order chi connectivity index (χ0) is 38.9. The van der Waals surface area contributed by atoms with E-state index in [-0.39, 0.29) is 19.8 Å². The summed E-state index contributed by atoms with van der Waals surface area (Å²) >= 11 is 0. The maximum atomic E-state index is 12.8. The van der Waals surface area contributed by atoms with Gasteiger partial charge in [0.25, 0.3) is 0 Å². The van der Waals surface area contributed by atoms with Crippen molar-refractivity contribution in [2.24, 2.45) is 11.5 Å². The molecule has 0 aromatic heterocycles. The molecular weight excluding hydrogens is 714 g/mol. The van der Waals surface area contributed by atoms with Crippen molar-refractivity contribution in [3.8, 4) is 0 Å². The van der Waals surface area contributed by atoms with Crippen molar-refractivity contribution in [3.63, 3.8) is 0 Å². The number of hydrogen-bond donors (Lipinski definition) is 8. The molecule has 0 unspecified atom stereocenters. The second kappa shape index (κ2) is 19.6. The SMILES string of the molecule is CC(=O)N[C@H]1[C@@H](OCc2ccccc2)O[C@H](COCc2ccccc2)[C@H](O[C@@H]2O[C@H](CO)[C@H](O)[C@H](O)[C@H]2N)[C@@H]1O[C@@H]1O[C@H](COC(C)=O)[C@H](O)[C@H](O)[C@H]1N. The Bertz CT molecular complexity index is 1460. The van der Waals surface area contributed by atoms with Crippen LogP contribution in [-0.4, -0.2) is 149 Å². The smallest absolute Gasteiger partial charge is 0.302 e.